The van der Waals surface area contributed by atoms with Gasteiger partial charge in [0.05, 0.1) is 19.9 Å². The number of hydrogen-bond donors (Lipinski definition) is 2. The summed E-state index contributed by atoms with van der Waals surface area (Å²) < 4.78 is 16.7. The third-order valence-electron chi connectivity index (χ3n) is 4.76. The first-order valence-electron chi connectivity index (χ1n) is 8.67. The quantitative estimate of drug-likeness (QED) is 0.608. The van der Waals surface area contributed by atoms with Gasteiger partial charge >= 0.3 is 11.7 Å². The fraction of sp³-hybridized carbons (Fsp3) is 0.150. The number of aromatic hydroxyl groups is 1. The van der Waals surface area contributed by atoms with Gasteiger partial charge in [0.25, 0.3) is 5.56 Å². The van der Waals surface area contributed by atoms with E-state index in [4.69, 9.17) is 25.8 Å². The number of nitrogens with zero attached hydrogens (tertiary/aromatic N) is 1. The molecule has 30 heavy (non-hydrogen) atoms. The van der Waals surface area contributed by atoms with Crippen LogP contribution in [0.4, 0.5) is 0 Å². The van der Waals surface area contributed by atoms with Gasteiger partial charge < -0.3 is 19.3 Å². The highest BCUT2D eigenvalue weighted by Gasteiger charge is 2.40. The fourth-order valence-corrected chi connectivity index (χ4v) is 3.55. The minimum absolute atomic E-state index is 0.0740. The van der Waals surface area contributed by atoms with Gasteiger partial charge in [0.15, 0.2) is 17.6 Å². The molecule has 1 aliphatic rings. The lowest BCUT2D eigenvalue weighted by molar-refractivity contribution is 0.0447. The number of carbonyl (C=O) groups excluding carboxylic acids is 1. The van der Waals surface area contributed by atoms with E-state index in [1.54, 1.807) is 6.07 Å². The number of nitrogens with one attached hydrogen (secondary N) is 1. The maximum atomic E-state index is 12.6. The van der Waals surface area contributed by atoms with Gasteiger partial charge in [-0.3, -0.25) is 9.78 Å². The monoisotopic (exact) mass is 430 g/mol. The van der Waals surface area contributed by atoms with E-state index in [1.165, 1.54) is 44.6 Å². The van der Waals surface area contributed by atoms with Gasteiger partial charge in [0.1, 0.15) is 11.1 Å². The van der Waals surface area contributed by atoms with Crippen LogP contribution in [0.1, 0.15) is 27.6 Å². The Morgan fingerprint density at radius 1 is 1.07 bits per heavy atom. The molecule has 2 heterocycles. The third-order valence-corrected chi connectivity index (χ3v) is 5.01. The molecule has 0 radical (unpaired) electrons. The average Bonchev–Trinajstić information content (AvgIpc) is 3.04. The van der Waals surface area contributed by atoms with Crippen molar-refractivity contribution in [3.05, 3.63) is 78.9 Å². The van der Waals surface area contributed by atoms with Gasteiger partial charge in [-0.15, -0.1) is 0 Å². The van der Waals surface area contributed by atoms with Crippen LogP contribution in [0.3, 0.4) is 0 Å². The Morgan fingerprint density at radius 3 is 2.40 bits per heavy atom. The number of esters is 1. The molecule has 0 amide bonds. The molecule has 0 aliphatic carbocycles. The predicted molar refractivity (Wildman–Crippen MR) is 106 cm³/mol. The average molecular weight is 431 g/mol. The van der Waals surface area contributed by atoms with Crippen molar-refractivity contribution < 1.29 is 24.1 Å². The van der Waals surface area contributed by atoms with E-state index in [2.05, 4.69) is 4.98 Å². The SMILES string of the molecule is COc1ccc2c(c1OC)C(=O)OC2c1c(O)n(-c2ccc(Cl)cc2)c(=O)[nH]c1=O. The normalized spacial score (nSPS) is 14.9. The molecule has 1 atom stereocenters. The first-order chi connectivity index (χ1) is 14.4. The Labute approximate surface area is 174 Å². The highest BCUT2D eigenvalue weighted by atomic mass is 35.5. The van der Waals surface area contributed by atoms with Crippen LogP contribution in [-0.2, 0) is 4.74 Å². The van der Waals surface area contributed by atoms with Crippen molar-refractivity contribution in [2.45, 2.75) is 6.10 Å². The summed E-state index contributed by atoms with van der Waals surface area (Å²) in [7, 11) is 2.78. The molecule has 2 N–H and O–H groups in total. The number of aromatic amines is 1. The first kappa shape index (κ1) is 19.6. The van der Waals surface area contributed by atoms with E-state index in [1.807, 2.05) is 0 Å². The number of H-pyrrole nitrogens is 1. The summed E-state index contributed by atoms with van der Waals surface area (Å²) >= 11 is 5.88. The Balaban J connectivity index is 1.95. The number of fused-ring (bicyclic) bond motifs is 1. The summed E-state index contributed by atoms with van der Waals surface area (Å²) in [6, 6.07) is 9.11. The van der Waals surface area contributed by atoms with Crippen molar-refractivity contribution in [3.63, 3.8) is 0 Å². The Kier molecular flexibility index (Phi) is 4.75. The molecular formula is C20H15ClN2O7. The largest absolute Gasteiger partial charge is 0.494 e. The molecule has 2 aromatic carbocycles. The summed E-state index contributed by atoms with van der Waals surface area (Å²) in [5, 5.41) is 11.3. The molecule has 4 rings (SSSR count). The molecule has 1 aromatic heterocycles. The van der Waals surface area contributed by atoms with Crippen LogP contribution < -0.4 is 20.7 Å². The van der Waals surface area contributed by atoms with E-state index in [0.717, 1.165) is 4.57 Å². The van der Waals surface area contributed by atoms with Crippen molar-refractivity contribution in [2.75, 3.05) is 14.2 Å². The fourth-order valence-electron chi connectivity index (χ4n) is 3.42. The maximum absolute atomic E-state index is 12.6. The number of carbonyl (C=O) groups is 1. The van der Waals surface area contributed by atoms with Gasteiger partial charge in [-0.1, -0.05) is 17.7 Å². The lowest BCUT2D eigenvalue weighted by Crippen LogP contribution is -2.32. The number of rotatable bonds is 4. The number of methoxy groups -OCH3 is 2. The van der Waals surface area contributed by atoms with Crippen molar-refractivity contribution in [3.8, 4) is 23.1 Å². The third kappa shape index (κ3) is 2.91. The molecule has 0 saturated heterocycles. The zero-order valence-electron chi connectivity index (χ0n) is 15.8. The summed E-state index contributed by atoms with van der Waals surface area (Å²) in [5.74, 6) is -0.970. The molecule has 0 bridgehead atoms. The Morgan fingerprint density at radius 2 is 1.77 bits per heavy atom. The highest BCUT2D eigenvalue weighted by Crippen LogP contribution is 2.45. The molecule has 154 valence electrons. The van der Waals surface area contributed by atoms with Crippen molar-refractivity contribution >= 4 is 17.6 Å². The van der Waals surface area contributed by atoms with E-state index in [0.29, 0.717) is 16.3 Å². The highest BCUT2D eigenvalue weighted by molar-refractivity contribution is 6.30. The summed E-state index contributed by atoms with van der Waals surface area (Å²) in [4.78, 5) is 39.7. The number of hydrogen-bond acceptors (Lipinski definition) is 7. The number of halogens is 1. The topological polar surface area (TPSA) is 120 Å². The van der Waals surface area contributed by atoms with Gasteiger partial charge in [-0.25, -0.2) is 14.2 Å². The number of aromatic nitrogens is 2. The standard InChI is InChI=1S/C20H15ClN2O7/c1-28-12-8-7-11-13(16(12)29-2)19(26)30-15(11)14-17(24)22-20(27)23(18(14)25)10-5-3-9(21)4-6-10/h3-8,15,25H,1-2H3,(H,22,24,27). The zero-order valence-corrected chi connectivity index (χ0v) is 16.5. The van der Waals surface area contributed by atoms with Crippen molar-refractivity contribution in [2.24, 2.45) is 0 Å². The molecule has 0 saturated carbocycles. The number of ether oxygens (including phenoxy) is 3. The molecular weight excluding hydrogens is 416 g/mol. The van der Waals surface area contributed by atoms with Gasteiger partial charge in [-0.2, -0.15) is 0 Å². The molecule has 1 aliphatic heterocycles. The number of benzene rings is 2. The van der Waals surface area contributed by atoms with Crippen LogP contribution >= 0.6 is 11.6 Å². The van der Waals surface area contributed by atoms with E-state index in [-0.39, 0.29) is 22.6 Å². The molecule has 3 aromatic rings. The van der Waals surface area contributed by atoms with Crippen LogP contribution in [0.15, 0.2) is 46.0 Å². The molecule has 0 fully saturated rings. The van der Waals surface area contributed by atoms with Gasteiger partial charge in [-0.05, 0) is 30.3 Å². The first-order valence-corrected chi connectivity index (χ1v) is 9.05. The van der Waals surface area contributed by atoms with E-state index < -0.39 is 29.2 Å². The molecule has 0 spiro atoms. The number of cyclic esters (lactones) is 1. The predicted octanol–water partition coefficient (Wildman–Crippen LogP) is 2.16. The zero-order chi connectivity index (χ0) is 21.6. The summed E-state index contributed by atoms with van der Waals surface area (Å²) in [6.07, 6.45) is -1.25. The second-order valence-corrected chi connectivity index (χ2v) is 6.80. The van der Waals surface area contributed by atoms with E-state index in [9.17, 15) is 19.5 Å². The molecule has 10 heteroatoms. The lowest BCUT2D eigenvalue weighted by atomic mass is 9.99. The van der Waals surface area contributed by atoms with E-state index >= 15 is 0 Å². The van der Waals surface area contributed by atoms with Crippen LogP contribution in [0.2, 0.25) is 5.02 Å². The van der Waals surface area contributed by atoms with Crippen LogP contribution in [-0.4, -0.2) is 34.8 Å². The minimum atomic E-state index is -1.25. The lowest BCUT2D eigenvalue weighted by Gasteiger charge is -2.16. The van der Waals surface area contributed by atoms with Crippen LogP contribution in [0, 0.1) is 0 Å². The van der Waals surface area contributed by atoms with Gasteiger partial charge in [0.2, 0.25) is 5.88 Å². The smallest absolute Gasteiger partial charge is 0.343 e. The summed E-state index contributed by atoms with van der Waals surface area (Å²) in [6.45, 7) is 0. The Bertz CT molecular complexity index is 1280. The minimum Gasteiger partial charge on any atom is -0.494 e. The summed E-state index contributed by atoms with van der Waals surface area (Å²) in [5.41, 5.74) is -1.42. The Hall–Kier alpha value is -3.72. The van der Waals surface area contributed by atoms with Crippen LogP contribution in [0.25, 0.3) is 5.69 Å². The maximum Gasteiger partial charge on any atom is 0.343 e. The second-order valence-electron chi connectivity index (χ2n) is 6.36. The van der Waals surface area contributed by atoms with Gasteiger partial charge in [0, 0.05) is 10.6 Å². The molecule has 1 unspecified atom stereocenters. The van der Waals surface area contributed by atoms with Crippen molar-refractivity contribution in [1.29, 1.82) is 0 Å². The second kappa shape index (κ2) is 7.27. The van der Waals surface area contributed by atoms with Crippen LogP contribution in [0.5, 0.6) is 17.4 Å². The van der Waals surface area contributed by atoms with Crippen molar-refractivity contribution in [1.82, 2.24) is 9.55 Å². The molecule has 9 nitrogen and oxygen atoms in total.